The molecule has 0 saturated carbocycles. The molecule has 26 heavy (non-hydrogen) atoms. The van der Waals surface area contributed by atoms with Gasteiger partial charge in [0.15, 0.2) is 5.69 Å². The summed E-state index contributed by atoms with van der Waals surface area (Å²) < 4.78 is 1.37. The minimum absolute atomic E-state index is 0.0452. The van der Waals surface area contributed by atoms with Crippen LogP contribution in [0.3, 0.4) is 0 Å². The van der Waals surface area contributed by atoms with E-state index in [-0.39, 0.29) is 35.5 Å². The summed E-state index contributed by atoms with van der Waals surface area (Å²) in [6, 6.07) is 9.75. The van der Waals surface area contributed by atoms with Crippen molar-refractivity contribution in [2.75, 3.05) is 14.1 Å². The molecule has 7 heteroatoms. The Morgan fingerprint density at radius 2 is 1.85 bits per heavy atom. The van der Waals surface area contributed by atoms with Gasteiger partial charge < -0.3 is 10.2 Å². The molecule has 140 valence electrons. The number of amides is 2. The van der Waals surface area contributed by atoms with E-state index in [4.69, 9.17) is 0 Å². The Labute approximate surface area is 154 Å². The zero-order valence-corrected chi connectivity index (χ0v) is 16.1. The van der Waals surface area contributed by atoms with Crippen molar-refractivity contribution in [1.29, 1.82) is 0 Å². The maximum absolute atomic E-state index is 12.6. The highest BCUT2D eigenvalue weighted by Crippen LogP contribution is 2.29. The summed E-state index contributed by atoms with van der Waals surface area (Å²) in [4.78, 5) is 25.8. The molecule has 0 aliphatic carbocycles. The summed E-state index contributed by atoms with van der Waals surface area (Å²) >= 11 is 0. The zero-order chi connectivity index (χ0) is 19.3. The fraction of sp³-hybridized carbons (Fsp3) is 0.474. The number of carbonyl (C=O) groups is 2. The Morgan fingerprint density at radius 1 is 1.19 bits per heavy atom. The molecule has 1 heterocycles. The monoisotopic (exact) mass is 357 g/mol. The predicted molar refractivity (Wildman–Crippen MR) is 99.4 cm³/mol. The van der Waals surface area contributed by atoms with Crippen LogP contribution in [-0.4, -0.2) is 45.8 Å². The van der Waals surface area contributed by atoms with Gasteiger partial charge in [-0.15, -0.1) is 5.10 Å². The van der Waals surface area contributed by atoms with E-state index in [2.05, 4.69) is 36.4 Å². The number of benzene rings is 1. The predicted octanol–water partition coefficient (Wildman–Crippen LogP) is 2.27. The second-order valence-electron chi connectivity index (χ2n) is 7.79. The van der Waals surface area contributed by atoms with Crippen LogP contribution in [0, 0.1) is 5.41 Å². The van der Waals surface area contributed by atoms with Crippen LogP contribution in [0.15, 0.2) is 36.5 Å². The third kappa shape index (κ3) is 5.68. The van der Waals surface area contributed by atoms with Gasteiger partial charge in [0.05, 0.1) is 12.2 Å². The van der Waals surface area contributed by atoms with Crippen LogP contribution in [0.2, 0.25) is 0 Å². The zero-order valence-electron chi connectivity index (χ0n) is 16.1. The Balaban J connectivity index is 2.12. The number of nitrogens with one attached hydrogen (secondary N) is 1. The Hall–Kier alpha value is -2.70. The molecule has 0 spiro atoms. The number of rotatable bonds is 6. The molecular formula is C19H27N5O2. The highest BCUT2D eigenvalue weighted by Gasteiger charge is 2.23. The van der Waals surface area contributed by atoms with Gasteiger partial charge in [-0.05, 0) is 17.4 Å². The van der Waals surface area contributed by atoms with E-state index in [1.165, 1.54) is 15.8 Å². The molecule has 0 aliphatic rings. The highest BCUT2D eigenvalue weighted by atomic mass is 16.2. The minimum Gasteiger partial charge on any atom is -0.347 e. The molecule has 0 fully saturated rings. The van der Waals surface area contributed by atoms with Crippen molar-refractivity contribution in [3.8, 4) is 0 Å². The van der Waals surface area contributed by atoms with Crippen molar-refractivity contribution in [3.63, 3.8) is 0 Å². The lowest BCUT2D eigenvalue weighted by molar-refractivity contribution is -0.129. The summed E-state index contributed by atoms with van der Waals surface area (Å²) in [5.74, 6) is -0.414. The van der Waals surface area contributed by atoms with Crippen LogP contribution in [0.25, 0.3) is 0 Å². The second-order valence-corrected chi connectivity index (χ2v) is 7.79. The summed E-state index contributed by atoms with van der Waals surface area (Å²) in [5, 5.41) is 10.8. The molecule has 7 nitrogen and oxygen atoms in total. The average Bonchev–Trinajstić information content (AvgIpc) is 3.02. The van der Waals surface area contributed by atoms with E-state index >= 15 is 0 Å². The van der Waals surface area contributed by atoms with E-state index < -0.39 is 0 Å². The lowest BCUT2D eigenvalue weighted by atomic mass is 9.85. The standard InChI is InChI=1S/C19H27N5O2/c1-19(2,3)11-15(14-9-7-6-8-10-14)20-18(26)16-12-24(22-21-16)13-17(25)23(4)5/h6-10,12,15H,11,13H2,1-5H3,(H,20,26)/t15-/m1/s1. The SMILES string of the molecule is CN(C)C(=O)Cn1cc(C(=O)N[C@H](CC(C)(C)C)c2ccccc2)nn1. The number of aromatic nitrogens is 3. The highest BCUT2D eigenvalue weighted by molar-refractivity contribution is 5.92. The van der Waals surface area contributed by atoms with Gasteiger partial charge in [-0.25, -0.2) is 4.68 Å². The summed E-state index contributed by atoms with van der Waals surface area (Å²) in [6.45, 7) is 6.46. The fourth-order valence-electron chi connectivity index (χ4n) is 2.54. The normalized spacial score (nSPS) is 12.5. The minimum atomic E-state index is -0.299. The third-order valence-corrected chi connectivity index (χ3v) is 3.89. The molecule has 0 saturated heterocycles. The van der Waals surface area contributed by atoms with E-state index in [9.17, 15) is 9.59 Å². The first-order valence-electron chi connectivity index (χ1n) is 8.62. The van der Waals surface area contributed by atoms with Crippen LogP contribution in [0.5, 0.6) is 0 Å². The number of hydrogen-bond donors (Lipinski definition) is 1. The maximum Gasteiger partial charge on any atom is 0.273 e. The van der Waals surface area contributed by atoms with E-state index in [0.29, 0.717) is 0 Å². The van der Waals surface area contributed by atoms with Gasteiger partial charge in [-0.1, -0.05) is 56.3 Å². The largest absolute Gasteiger partial charge is 0.347 e. The molecule has 1 N–H and O–H groups in total. The van der Waals surface area contributed by atoms with E-state index in [0.717, 1.165) is 12.0 Å². The summed E-state index contributed by atoms with van der Waals surface area (Å²) in [6.07, 6.45) is 2.28. The molecule has 1 aromatic heterocycles. The van der Waals surface area contributed by atoms with Crippen molar-refractivity contribution in [2.45, 2.75) is 39.8 Å². The quantitative estimate of drug-likeness (QED) is 0.860. The first kappa shape index (κ1) is 19.6. The molecule has 1 atom stereocenters. The molecule has 2 rings (SSSR count). The van der Waals surface area contributed by atoms with Crippen molar-refractivity contribution >= 4 is 11.8 Å². The molecule has 0 bridgehead atoms. The fourth-order valence-corrected chi connectivity index (χ4v) is 2.54. The van der Waals surface area contributed by atoms with E-state index in [1.807, 2.05) is 30.3 Å². The smallest absolute Gasteiger partial charge is 0.273 e. The maximum atomic E-state index is 12.6. The van der Waals surface area contributed by atoms with Gasteiger partial charge in [0, 0.05) is 14.1 Å². The Kier molecular flexibility index (Phi) is 6.13. The molecule has 1 aromatic carbocycles. The molecule has 0 aliphatic heterocycles. The Bertz CT molecular complexity index is 747. The van der Waals surface area contributed by atoms with Gasteiger partial charge in [-0.2, -0.15) is 0 Å². The second kappa shape index (κ2) is 8.12. The van der Waals surface area contributed by atoms with Gasteiger partial charge in [0.1, 0.15) is 6.54 Å². The molecule has 2 aromatic rings. The van der Waals surface area contributed by atoms with Crippen LogP contribution >= 0.6 is 0 Å². The first-order valence-corrected chi connectivity index (χ1v) is 8.62. The summed E-state index contributed by atoms with van der Waals surface area (Å²) in [7, 11) is 3.34. The van der Waals surface area contributed by atoms with Crippen LogP contribution in [0.4, 0.5) is 0 Å². The Morgan fingerprint density at radius 3 is 2.42 bits per heavy atom. The van der Waals surface area contributed by atoms with Crippen LogP contribution < -0.4 is 5.32 Å². The van der Waals surface area contributed by atoms with Crippen LogP contribution in [-0.2, 0) is 11.3 Å². The van der Waals surface area contributed by atoms with Gasteiger partial charge >= 0.3 is 0 Å². The molecular weight excluding hydrogens is 330 g/mol. The number of hydrogen-bond acceptors (Lipinski definition) is 4. The van der Waals surface area contributed by atoms with Gasteiger partial charge in [0.2, 0.25) is 5.91 Å². The lowest BCUT2D eigenvalue weighted by Crippen LogP contribution is -2.31. The van der Waals surface area contributed by atoms with Crippen molar-refractivity contribution in [1.82, 2.24) is 25.2 Å². The lowest BCUT2D eigenvalue weighted by Gasteiger charge is -2.27. The first-order chi connectivity index (χ1) is 12.2. The average molecular weight is 357 g/mol. The topological polar surface area (TPSA) is 80.1 Å². The number of carbonyl (C=O) groups excluding carboxylic acids is 2. The molecule has 0 radical (unpaired) electrons. The summed E-state index contributed by atoms with van der Waals surface area (Å²) in [5.41, 5.74) is 1.29. The third-order valence-electron chi connectivity index (χ3n) is 3.89. The number of likely N-dealkylation sites (N-methyl/N-ethyl adjacent to an activating group) is 1. The van der Waals surface area contributed by atoms with E-state index in [1.54, 1.807) is 14.1 Å². The van der Waals surface area contributed by atoms with Gasteiger partial charge in [-0.3, -0.25) is 9.59 Å². The van der Waals surface area contributed by atoms with Crippen molar-refractivity contribution in [2.24, 2.45) is 5.41 Å². The van der Waals surface area contributed by atoms with Crippen molar-refractivity contribution in [3.05, 3.63) is 47.8 Å². The molecule has 2 amide bonds. The number of nitrogens with zero attached hydrogens (tertiary/aromatic N) is 4. The van der Waals surface area contributed by atoms with Gasteiger partial charge in [0.25, 0.3) is 5.91 Å². The molecule has 0 unspecified atom stereocenters. The van der Waals surface area contributed by atoms with Crippen LogP contribution in [0.1, 0.15) is 49.3 Å². The van der Waals surface area contributed by atoms with Crippen molar-refractivity contribution < 1.29 is 9.59 Å².